The van der Waals surface area contributed by atoms with Crippen molar-refractivity contribution in [2.24, 2.45) is 4.99 Å². The van der Waals surface area contributed by atoms with E-state index in [0.29, 0.717) is 4.82 Å². The van der Waals surface area contributed by atoms with Crippen LogP contribution in [0.5, 0.6) is 0 Å². The van der Waals surface area contributed by atoms with Crippen LogP contribution in [0.25, 0.3) is 0 Å². The van der Waals surface area contributed by atoms with E-state index in [0.717, 1.165) is 16.6 Å². The Morgan fingerprint density at radius 3 is 2.45 bits per heavy atom. The first-order valence-corrected chi connectivity index (χ1v) is 8.61. The van der Waals surface area contributed by atoms with Gasteiger partial charge in [0.15, 0.2) is 0 Å². The van der Waals surface area contributed by atoms with Crippen LogP contribution in [0, 0.1) is 6.92 Å². The maximum atomic E-state index is 10.0. The third kappa shape index (κ3) is 3.01. The Balaban J connectivity index is 1.87. The van der Waals surface area contributed by atoms with E-state index in [2.05, 4.69) is 60.4 Å². The Kier molecular flexibility index (Phi) is 4.02. The van der Waals surface area contributed by atoms with Crippen LogP contribution in [0.4, 0.5) is 0 Å². The van der Waals surface area contributed by atoms with Gasteiger partial charge in [0.2, 0.25) is 0 Å². The number of rotatable bonds is 2. The molecule has 2 nitrogen and oxygen atoms in total. The van der Waals surface area contributed by atoms with Gasteiger partial charge >= 0.3 is 125 Å². The van der Waals surface area contributed by atoms with E-state index in [1.54, 1.807) is 0 Å². The molecule has 2 atom stereocenters. The number of nitrogens with zero attached hydrogens (tertiary/aromatic N) is 1. The van der Waals surface area contributed by atoms with Crippen LogP contribution in [-0.4, -0.2) is 30.9 Å². The third-order valence-electron chi connectivity index (χ3n) is 3.41. The summed E-state index contributed by atoms with van der Waals surface area (Å²) in [5, 5.41) is 10.0. The average molecular weight is 330 g/mol. The predicted molar refractivity (Wildman–Crippen MR) is 83.3 cm³/mol. The van der Waals surface area contributed by atoms with Crippen LogP contribution in [0.2, 0.25) is 0 Å². The van der Waals surface area contributed by atoms with Gasteiger partial charge in [-0.25, -0.2) is 0 Å². The van der Waals surface area contributed by atoms with Crippen molar-refractivity contribution in [2.45, 2.75) is 24.4 Å². The summed E-state index contributed by atoms with van der Waals surface area (Å²) in [6, 6.07) is 18.9. The summed E-state index contributed by atoms with van der Waals surface area (Å²) in [6.07, 6.45) is 0.159. The average Bonchev–Trinajstić information content (AvgIpc) is 2.48. The van der Waals surface area contributed by atoms with Crippen molar-refractivity contribution in [3.8, 4) is 0 Å². The molecular weight excluding hydrogens is 313 g/mol. The third-order valence-corrected chi connectivity index (χ3v) is 6.17. The Labute approximate surface area is 125 Å². The summed E-state index contributed by atoms with van der Waals surface area (Å²) < 4.78 is 1.07. The zero-order chi connectivity index (χ0) is 13.9. The molecule has 3 rings (SSSR count). The molecule has 0 bridgehead atoms. The minimum atomic E-state index is -0.577. The summed E-state index contributed by atoms with van der Waals surface area (Å²) in [5.41, 5.74) is 3.71. The van der Waals surface area contributed by atoms with Crippen molar-refractivity contribution in [2.75, 3.05) is 0 Å². The van der Waals surface area contributed by atoms with E-state index in [4.69, 9.17) is 0 Å². The zero-order valence-corrected chi connectivity index (χ0v) is 13.1. The molecule has 0 fully saturated rings. The van der Waals surface area contributed by atoms with Crippen molar-refractivity contribution < 1.29 is 5.11 Å². The first kappa shape index (κ1) is 13.6. The standard InChI is InChI=1S/C17H17NOSe/c1-12-7-9-14(10-8-12)17-18-16(19)11-15(20-17)13-5-3-2-4-6-13/h2-10,15-16,19H,11H2,1H3/t15-,16+/m1/s1. The van der Waals surface area contributed by atoms with E-state index in [-0.39, 0.29) is 15.0 Å². The van der Waals surface area contributed by atoms with Crippen molar-refractivity contribution >= 4 is 19.6 Å². The fourth-order valence-corrected chi connectivity index (χ4v) is 5.00. The molecule has 0 saturated carbocycles. The fourth-order valence-electron chi connectivity index (χ4n) is 2.30. The van der Waals surface area contributed by atoms with Gasteiger partial charge in [0.25, 0.3) is 0 Å². The van der Waals surface area contributed by atoms with Crippen LogP contribution in [-0.2, 0) is 0 Å². The molecule has 2 aromatic carbocycles. The van der Waals surface area contributed by atoms with Crippen LogP contribution in [0.3, 0.4) is 0 Å². The van der Waals surface area contributed by atoms with Gasteiger partial charge in [0, 0.05) is 0 Å². The van der Waals surface area contributed by atoms with Gasteiger partial charge in [-0.05, 0) is 0 Å². The molecule has 1 aliphatic rings. The Bertz CT molecular complexity index is 607. The minimum absolute atomic E-state index is 0.260. The molecule has 0 amide bonds. The molecule has 0 spiro atoms. The Morgan fingerprint density at radius 1 is 1.05 bits per heavy atom. The van der Waals surface area contributed by atoms with Gasteiger partial charge in [-0.3, -0.25) is 0 Å². The van der Waals surface area contributed by atoms with Gasteiger partial charge in [0.05, 0.1) is 0 Å². The topological polar surface area (TPSA) is 32.6 Å². The fraction of sp³-hybridized carbons (Fsp3) is 0.235. The monoisotopic (exact) mass is 331 g/mol. The molecule has 102 valence electrons. The summed E-state index contributed by atoms with van der Waals surface area (Å²) >= 11 is 0.260. The van der Waals surface area contributed by atoms with Crippen molar-refractivity contribution in [1.82, 2.24) is 0 Å². The second kappa shape index (κ2) is 5.92. The molecule has 0 aromatic heterocycles. The number of aliphatic hydroxyl groups excluding tert-OH is 1. The molecule has 0 saturated heterocycles. The number of aliphatic imine (C=N–C) groups is 1. The number of aliphatic hydroxyl groups is 1. The van der Waals surface area contributed by atoms with Gasteiger partial charge < -0.3 is 0 Å². The van der Waals surface area contributed by atoms with Crippen molar-refractivity contribution in [3.63, 3.8) is 0 Å². The van der Waals surface area contributed by atoms with Gasteiger partial charge in [-0.2, -0.15) is 0 Å². The van der Waals surface area contributed by atoms with Gasteiger partial charge in [-0.15, -0.1) is 0 Å². The molecule has 0 radical (unpaired) electrons. The first-order valence-electron chi connectivity index (χ1n) is 6.77. The van der Waals surface area contributed by atoms with E-state index < -0.39 is 6.23 Å². The van der Waals surface area contributed by atoms with E-state index >= 15 is 0 Å². The van der Waals surface area contributed by atoms with Crippen LogP contribution in [0.1, 0.15) is 27.9 Å². The van der Waals surface area contributed by atoms with Crippen LogP contribution >= 0.6 is 0 Å². The molecule has 2 aromatic rings. The number of aryl methyl sites for hydroxylation is 1. The van der Waals surface area contributed by atoms with E-state index in [9.17, 15) is 5.11 Å². The van der Waals surface area contributed by atoms with Crippen molar-refractivity contribution in [1.29, 1.82) is 0 Å². The molecule has 1 N–H and O–H groups in total. The predicted octanol–water partition coefficient (Wildman–Crippen LogP) is 2.91. The molecule has 0 aliphatic carbocycles. The normalized spacial score (nSPS) is 22.4. The van der Waals surface area contributed by atoms with E-state index in [1.807, 2.05) is 6.07 Å². The molecule has 0 unspecified atom stereocenters. The number of hydrogen-bond donors (Lipinski definition) is 1. The van der Waals surface area contributed by atoms with Gasteiger partial charge in [-0.1, -0.05) is 0 Å². The molecule has 1 aliphatic heterocycles. The Morgan fingerprint density at radius 2 is 1.75 bits per heavy atom. The molecule has 1 heterocycles. The number of hydrogen-bond acceptors (Lipinski definition) is 2. The Hall–Kier alpha value is -1.41. The summed E-state index contributed by atoms with van der Waals surface area (Å²) in [7, 11) is 0. The quantitative estimate of drug-likeness (QED) is 0.844. The summed E-state index contributed by atoms with van der Waals surface area (Å²) in [5.74, 6) is 0. The molecular formula is C17H17NOSe. The van der Waals surface area contributed by atoms with Crippen LogP contribution < -0.4 is 0 Å². The molecule has 3 heteroatoms. The van der Waals surface area contributed by atoms with Crippen molar-refractivity contribution in [3.05, 3.63) is 71.3 Å². The maximum absolute atomic E-state index is 10.0. The van der Waals surface area contributed by atoms with Crippen LogP contribution in [0.15, 0.2) is 59.6 Å². The summed E-state index contributed by atoms with van der Waals surface area (Å²) in [4.78, 5) is 4.87. The zero-order valence-electron chi connectivity index (χ0n) is 11.4. The van der Waals surface area contributed by atoms with E-state index in [1.165, 1.54) is 11.1 Å². The second-order valence-corrected chi connectivity index (χ2v) is 7.53. The first-order chi connectivity index (χ1) is 9.72. The second-order valence-electron chi connectivity index (χ2n) is 5.03. The SMILES string of the molecule is Cc1ccc(C2=N[C@@H](O)C[C@H](c3ccccc3)[Se]2)cc1. The summed E-state index contributed by atoms with van der Waals surface area (Å²) in [6.45, 7) is 2.08. The van der Waals surface area contributed by atoms with Gasteiger partial charge in [0.1, 0.15) is 0 Å². The molecule has 20 heavy (non-hydrogen) atoms. The number of benzene rings is 2.